The number of rotatable bonds is 46. The molecule has 0 aliphatic rings. The van der Waals surface area contributed by atoms with Crippen molar-refractivity contribution in [1.82, 2.24) is 0 Å². The highest BCUT2D eigenvalue weighted by molar-refractivity contribution is 5.71. The number of carbonyl (C=O) groups is 3. The summed E-state index contributed by atoms with van der Waals surface area (Å²) >= 11 is 0. The molecule has 0 N–H and O–H groups in total. The van der Waals surface area contributed by atoms with Crippen molar-refractivity contribution in [2.45, 2.75) is 258 Å². The molecule has 0 radical (unpaired) electrons. The predicted octanol–water partition coefficient (Wildman–Crippen LogP) is 16.9. The van der Waals surface area contributed by atoms with Crippen molar-refractivity contribution in [2.24, 2.45) is 0 Å². The minimum atomic E-state index is -0.792. The Morgan fingerprint density at radius 1 is 0.344 bits per heavy atom. The maximum atomic E-state index is 12.8. The van der Waals surface area contributed by atoms with Crippen LogP contribution >= 0.6 is 0 Å². The van der Waals surface area contributed by atoms with E-state index in [1.54, 1.807) is 0 Å². The fraction of sp³-hybridized carbons (Fsp3) is 0.764. The average Bonchev–Trinajstić information content (AvgIpc) is 3.26. The van der Waals surface area contributed by atoms with Crippen molar-refractivity contribution in [3.05, 3.63) is 60.8 Å². The van der Waals surface area contributed by atoms with Crippen LogP contribution < -0.4 is 0 Å². The van der Waals surface area contributed by atoms with E-state index in [2.05, 4.69) is 81.5 Å². The molecule has 0 fully saturated rings. The lowest BCUT2D eigenvalue weighted by atomic mass is 10.0. The van der Waals surface area contributed by atoms with Gasteiger partial charge in [-0.1, -0.05) is 236 Å². The topological polar surface area (TPSA) is 78.9 Å². The number of hydrogen-bond donors (Lipinski definition) is 0. The summed E-state index contributed by atoms with van der Waals surface area (Å²) in [7, 11) is 0. The van der Waals surface area contributed by atoms with Crippen LogP contribution in [0.5, 0.6) is 0 Å². The summed E-state index contributed by atoms with van der Waals surface area (Å²) in [5, 5.41) is 0. The van der Waals surface area contributed by atoms with Gasteiger partial charge >= 0.3 is 17.9 Å². The van der Waals surface area contributed by atoms with Crippen LogP contribution in [0.2, 0.25) is 0 Å². The molecule has 0 aliphatic carbocycles. The van der Waals surface area contributed by atoms with Gasteiger partial charge in [0.15, 0.2) is 6.10 Å². The second-order valence-corrected chi connectivity index (χ2v) is 17.1. The molecular formula is C55H96O6. The van der Waals surface area contributed by atoms with Gasteiger partial charge in [-0.15, -0.1) is 0 Å². The molecule has 0 aromatic heterocycles. The molecule has 0 rings (SSSR count). The molecule has 6 nitrogen and oxygen atoms in total. The van der Waals surface area contributed by atoms with E-state index in [9.17, 15) is 14.4 Å². The Morgan fingerprint density at radius 2 is 0.639 bits per heavy atom. The highest BCUT2D eigenvalue weighted by Gasteiger charge is 2.19. The predicted molar refractivity (Wildman–Crippen MR) is 261 cm³/mol. The van der Waals surface area contributed by atoms with Gasteiger partial charge in [-0.25, -0.2) is 0 Å². The molecule has 0 aromatic carbocycles. The van der Waals surface area contributed by atoms with Gasteiger partial charge in [0.05, 0.1) is 0 Å². The molecule has 0 spiro atoms. The van der Waals surface area contributed by atoms with Gasteiger partial charge < -0.3 is 14.2 Å². The molecule has 0 saturated carbocycles. The first-order valence-electron chi connectivity index (χ1n) is 25.8. The van der Waals surface area contributed by atoms with Crippen LogP contribution in [0.15, 0.2) is 60.8 Å². The molecule has 6 heteroatoms. The van der Waals surface area contributed by atoms with E-state index >= 15 is 0 Å². The first kappa shape index (κ1) is 58.1. The van der Waals surface area contributed by atoms with Crippen LogP contribution in [0.4, 0.5) is 0 Å². The molecule has 352 valence electrons. The van der Waals surface area contributed by atoms with Crippen molar-refractivity contribution in [1.29, 1.82) is 0 Å². The monoisotopic (exact) mass is 853 g/mol. The molecular weight excluding hydrogens is 757 g/mol. The SMILES string of the molecule is CC/C=C\C/C=C\C/C=C\C/C=C\C/C=C\CCCC(=O)OCC(COC(=O)CCCCCCCCCCCC)OC(=O)CCCCCCCCCCCCCCCCCC. The van der Waals surface area contributed by atoms with E-state index in [1.807, 2.05) is 0 Å². The molecule has 0 bridgehead atoms. The standard InChI is InChI=1S/C55H96O6/c1-4-7-10-13-16-19-22-24-26-28-30-31-33-36-39-42-45-48-54(57)60-51-52(50-59-53(56)47-44-41-38-35-21-18-15-12-9-6-3)61-55(58)49-46-43-40-37-34-32-29-27-25-23-20-17-14-11-8-5-2/h7,10,16,19,24,26,30-31,36,39,52H,4-6,8-9,11-15,17-18,20-23,25,27-29,32-35,37-38,40-51H2,1-3H3/b10-7-,19-16-,26-24-,31-30-,39-36-. The summed E-state index contributed by atoms with van der Waals surface area (Å²) in [5.74, 6) is -0.944. The van der Waals surface area contributed by atoms with Gasteiger partial charge in [-0.05, 0) is 57.8 Å². The summed E-state index contributed by atoms with van der Waals surface area (Å²) in [6.45, 7) is 6.48. The third-order valence-corrected chi connectivity index (χ3v) is 11.0. The quantitative estimate of drug-likeness (QED) is 0.0263. The molecule has 0 amide bonds. The number of hydrogen-bond acceptors (Lipinski definition) is 6. The van der Waals surface area contributed by atoms with Crippen LogP contribution in [0, 0.1) is 0 Å². The third kappa shape index (κ3) is 48.0. The van der Waals surface area contributed by atoms with E-state index in [1.165, 1.54) is 128 Å². The van der Waals surface area contributed by atoms with Crippen LogP contribution in [0.3, 0.4) is 0 Å². The van der Waals surface area contributed by atoms with E-state index in [0.717, 1.165) is 77.0 Å². The van der Waals surface area contributed by atoms with E-state index in [4.69, 9.17) is 14.2 Å². The Balaban J connectivity index is 4.42. The highest BCUT2D eigenvalue weighted by Crippen LogP contribution is 2.15. The van der Waals surface area contributed by atoms with Crippen molar-refractivity contribution in [3.63, 3.8) is 0 Å². The zero-order chi connectivity index (χ0) is 44.4. The van der Waals surface area contributed by atoms with Crippen LogP contribution in [0.25, 0.3) is 0 Å². The number of carbonyl (C=O) groups excluding carboxylic acids is 3. The smallest absolute Gasteiger partial charge is 0.306 e. The number of esters is 3. The maximum Gasteiger partial charge on any atom is 0.306 e. The average molecular weight is 853 g/mol. The second-order valence-electron chi connectivity index (χ2n) is 17.1. The summed E-state index contributed by atoms with van der Waals surface area (Å²) in [6, 6.07) is 0. The Kier molecular flexibility index (Phi) is 47.4. The van der Waals surface area contributed by atoms with Crippen LogP contribution in [-0.2, 0) is 28.6 Å². The fourth-order valence-electron chi connectivity index (χ4n) is 7.18. The lowest BCUT2D eigenvalue weighted by Gasteiger charge is -2.18. The normalized spacial score (nSPS) is 12.5. The summed E-state index contributed by atoms with van der Waals surface area (Å²) in [6.07, 6.45) is 60.7. The summed E-state index contributed by atoms with van der Waals surface area (Å²) in [5.41, 5.74) is 0. The zero-order valence-corrected chi connectivity index (χ0v) is 40.2. The highest BCUT2D eigenvalue weighted by atomic mass is 16.6. The van der Waals surface area contributed by atoms with Crippen molar-refractivity contribution in [3.8, 4) is 0 Å². The van der Waals surface area contributed by atoms with Gasteiger partial charge in [-0.3, -0.25) is 14.4 Å². The third-order valence-electron chi connectivity index (χ3n) is 11.0. The van der Waals surface area contributed by atoms with Crippen molar-refractivity contribution < 1.29 is 28.6 Å². The van der Waals surface area contributed by atoms with Gasteiger partial charge in [0.25, 0.3) is 0 Å². The largest absolute Gasteiger partial charge is 0.462 e. The molecule has 1 atom stereocenters. The first-order chi connectivity index (χ1) is 30.0. The van der Waals surface area contributed by atoms with Crippen molar-refractivity contribution in [2.75, 3.05) is 13.2 Å². The minimum Gasteiger partial charge on any atom is -0.462 e. The van der Waals surface area contributed by atoms with Gasteiger partial charge in [0.2, 0.25) is 0 Å². The van der Waals surface area contributed by atoms with Gasteiger partial charge in [-0.2, -0.15) is 0 Å². The van der Waals surface area contributed by atoms with Gasteiger partial charge in [0, 0.05) is 19.3 Å². The molecule has 0 aliphatic heterocycles. The Hall–Kier alpha value is -2.89. The second kappa shape index (κ2) is 49.8. The van der Waals surface area contributed by atoms with Gasteiger partial charge in [0.1, 0.15) is 13.2 Å². The molecule has 0 heterocycles. The maximum absolute atomic E-state index is 12.8. The molecule has 0 aromatic rings. The molecule has 61 heavy (non-hydrogen) atoms. The first-order valence-corrected chi connectivity index (χ1v) is 25.8. The van der Waals surface area contributed by atoms with Crippen LogP contribution in [0.1, 0.15) is 252 Å². The summed E-state index contributed by atoms with van der Waals surface area (Å²) < 4.78 is 16.7. The van der Waals surface area contributed by atoms with Crippen LogP contribution in [-0.4, -0.2) is 37.2 Å². The molecule has 0 saturated heterocycles. The number of ether oxygens (including phenoxy) is 3. The fourth-order valence-corrected chi connectivity index (χ4v) is 7.18. The van der Waals surface area contributed by atoms with E-state index in [0.29, 0.717) is 19.3 Å². The zero-order valence-electron chi connectivity index (χ0n) is 40.2. The van der Waals surface area contributed by atoms with E-state index < -0.39 is 6.10 Å². The van der Waals surface area contributed by atoms with Crippen molar-refractivity contribution >= 4 is 17.9 Å². The summed E-state index contributed by atoms with van der Waals surface area (Å²) in [4.78, 5) is 37.9. The lowest BCUT2D eigenvalue weighted by Crippen LogP contribution is -2.30. The Morgan fingerprint density at radius 3 is 1.00 bits per heavy atom. The minimum absolute atomic E-state index is 0.0887. The Bertz CT molecular complexity index is 1120. The number of allylic oxidation sites excluding steroid dienone is 10. The molecule has 1 unspecified atom stereocenters. The van der Waals surface area contributed by atoms with E-state index in [-0.39, 0.29) is 37.5 Å². The number of unbranched alkanes of at least 4 members (excludes halogenated alkanes) is 25. The lowest BCUT2D eigenvalue weighted by molar-refractivity contribution is -0.167. The Labute approximate surface area is 377 Å².